The number of furan rings is 1. The van der Waals surface area contributed by atoms with Crippen LogP contribution in [0.3, 0.4) is 0 Å². The lowest BCUT2D eigenvalue weighted by atomic mass is 10.2. The summed E-state index contributed by atoms with van der Waals surface area (Å²) in [5.74, 6) is 2.51. The summed E-state index contributed by atoms with van der Waals surface area (Å²) in [7, 11) is 0. The molecule has 3 rings (SSSR count). The maximum atomic E-state index is 5.72. The van der Waals surface area contributed by atoms with Crippen LogP contribution in [0.15, 0.2) is 35.0 Å². The minimum Gasteiger partial charge on any atom is -0.464 e. The molecule has 1 atom stereocenters. The average Bonchev–Trinajstić information content (AvgIpc) is 3.08. The molecule has 0 radical (unpaired) electrons. The van der Waals surface area contributed by atoms with Gasteiger partial charge in [0.2, 0.25) is 11.9 Å². The lowest BCUT2D eigenvalue weighted by Gasteiger charge is -2.12. The van der Waals surface area contributed by atoms with Gasteiger partial charge in [0.25, 0.3) is 5.95 Å². The molecule has 3 aromatic heterocycles. The molecular weight excluding hydrogens is 270 g/mol. The Morgan fingerprint density at radius 1 is 1.29 bits per heavy atom. The molecule has 3 N–H and O–H groups in total. The van der Waals surface area contributed by atoms with E-state index in [0.717, 1.165) is 11.5 Å². The highest BCUT2D eigenvalue weighted by molar-refractivity contribution is 5.36. The SMILES string of the molecule is Cc1ccc(C(C)Nc2nc(N)nc(-n3cccn3)n2)o1. The van der Waals surface area contributed by atoms with Gasteiger partial charge in [-0.2, -0.15) is 20.1 Å². The smallest absolute Gasteiger partial charge is 0.257 e. The zero-order valence-corrected chi connectivity index (χ0v) is 11.7. The number of nitrogens with zero attached hydrogens (tertiary/aromatic N) is 5. The summed E-state index contributed by atoms with van der Waals surface area (Å²) >= 11 is 0. The molecule has 0 bridgehead atoms. The molecule has 0 amide bonds. The van der Waals surface area contributed by atoms with E-state index in [2.05, 4.69) is 25.4 Å². The van der Waals surface area contributed by atoms with Crippen molar-refractivity contribution in [3.8, 4) is 5.95 Å². The second kappa shape index (κ2) is 5.23. The van der Waals surface area contributed by atoms with E-state index in [9.17, 15) is 0 Å². The molecule has 0 spiro atoms. The molecule has 0 saturated carbocycles. The summed E-state index contributed by atoms with van der Waals surface area (Å²) in [6, 6.07) is 5.50. The zero-order valence-electron chi connectivity index (χ0n) is 11.7. The van der Waals surface area contributed by atoms with Gasteiger partial charge in [0.1, 0.15) is 11.5 Å². The monoisotopic (exact) mass is 285 g/mol. The van der Waals surface area contributed by atoms with Crippen LogP contribution in [-0.4, -0.2) is 24.7 Å². The number of anilines is 2. The highest BCUT2D eigenvalue weighted by Gasteiger charge is 2.13. The Balaban J connectivity index is 1.85. The third-order valence-electron chi connectivity index (χ3n) is 2.88. The number of nitrogens with two attached hydrogens (primary N) is 1. The number of nitrogen functional groups attached to an aromatic ring is 1. The number of aryl methyl sites for hydroxylation is 1. The normalized spacial score (nSPS) is 12.3. The maximum absolute atomic E-state index is 5.72. The van der Waals surface area contributed by atoms with E-state index in [-0.39, 0.29) is 12.0 Å². The lowest BCUT2D eigenvalue weighted by Crippen LogP contribution is -2.13. The largest absolute Gasteiger partial charge is 0.464 e. The molecule has 108 valence electrons. The quantitative estimate of drug-likeness (QED) is 0.751. The summed E-state index contributed by atoms with van der Waals surface area (Å²) in [5.41, 5.74) is 5.72. The van der Waals surface area contributed by atoms with Crippen LogP contribution in [0.5, 0.6) is 0 Å². The minimum absolute atomic E-state index is 0.0917. The van der Waals surface area contributed by atoms with Crippen LogP contribution in [0.4, 0.5) is 11.9 Å². The van der Waals surface area contributed by atoms with E-state index in [4.69, 9.17) is 10.2 Å². The number of rotatable bonds is 4. The highest BCUT2D eigenvalue weighted by atomic mass is 16.3. The van der Waals surface area contributed by atoms with Gasteiger partial charge in [-0.3, -0.25) is 0 Å². The van der Waals surface area contributed by atoms with Gasteiger partial charge < -0.3 is 15.5 Å². The first-order valence-corrected chi connectivity index (χ1v) is 6.46. The van der Waals surface area contributed by atoms with Crippen LogP contribution in [0, 0.1) is 6.92 Å². The highest BCUT2D eigenvalue weighted by Crippen LogP contribution is 2.19. The summed E-state index contributed by atoms with van der Waals surface area (Å²) < 4.78 is 7.09. The predicted octanol–water partition coefficient (Wildman–Crippen LogP) is 1.71. The minimum atomic E-state index is -0.0917. The maximum Gasteiger partial charge on any atom is 0.257 e. The van der Waals surface area contributed by atoms with E-state index < -0.39 is 0 Å². The topological polar surface area (TPSA) is 108 Å². The average molecular weight is 285 g/mol. The second-order valence-corrected chi connectivity index (χ2v) is 4.58. The molecule has 0 aromatic carbocycles. The van der Waals surface area contributed by atoms with Gasteiger partial charge in [-0.1, -0.05) is 0 Å². The number of aromatic nitrogens is 5. The third kappa shape index (κ3) is 2.83. The summed E-state index contributed by atoms with van der Waals surface area (Å²) in [4.78, 5) is 12.4. The van der Waals surface area contributed by atoms with Crippen molar-refractivity contribution in [2.75, 3.05) is 11.1 Å². The Bertz CT molecular complexity index is 735. The number of hydrogen-bond acceptors (Lipinski definition) is 7. The van der Waals surface area contributed by atoms with Crippen LogP contribution in [-0.2, 0) is 0 Å². The predicted molar refractivity (Wildman–Crippen MR) is 76.8 cm³/mol. The van der Waals surface area contributed by atoms with Crippen LogP contribution in [0.2, 0.25) is 0 Å². The third-order valence-corrected chi connectivity index (χ3v) is 2.88. The van der Waals surface area contributed by atoms with Crippen molar-refractivity contribution in [1.82, 2.24) is 24.7 Å². The van der Waals surface area contributed by atoms with Crippen molar-refractivity contribution >= 4 is 11.9 Å². The van der Waals surface area contributed by atoms with Crippen molar-refractivity contribution in [3.05, 3.63) is 42.1 Å². The first-order chi connectivity index (χ1) is 10.1. The molecule has 0 aliphatic rings. The van der Waals surface area contributed by atoms with Gasteiger partial charge in [-0.15, -0.1) is 0 Å². The van der Waals surface area contributed by atoms with Crippen molar-refractivity contribution in [3.63, 3.8) is 0 Å². The van der Waals surface area contributed by atoms with Gasteiger partial charge in [-0.25, -0.2) is 4.68 Å². The lowest BCUT2D eigenvalue weighted by molar-refractivity contribution is 0.466. The molecule has 3 heterocycles. The Labute approximate surface area is 121 Å². The standard InChI is InChI=1S/C13H15N7O/c1-8-4-5-10(21-8)9(2)16-12-17-11(14)18-13(19-12)20-7-3-6-15-20/h3-7,9H,1-2H3,(H3,14,16,17,18,19). The van der Waals surface area contributed by atoms with Gasteiger partial charge in [0.05, 0.1) is 6.04 Å². The van der Waals surface area contributed by atoms with Crippen molar-refractivity contribution < 1.29 is 4.42 Å². The molecule has 0 saturated heterocycles. The summed E-state index contributed by atoms with van der Waals surface area (Å²) in [6.07, 6.45) is 3.37. The van der Waals surface area contributed by atoms with E-state index in [1.54, 1.807) is 18.5 Å². The molecule has 3 aromatic rings. The van der Waals surface area contributed by atoms with Crippen LogP contribution in [0.25, 0.3) is 5.95 Å². The Hall–Kier alpha value is -2.90. The van der Waals surface area contributed by atoms with Crippen LogP contribution < -0.4 is 11.1 Å². The molecule has 8 heteroatoms. The van der Waals surface area contributed by atoms with E-state index in [0.29, 0.717) is 11.9 Å². The molecular formula is C13H15N7O. The molecule has 0 aliphatic carbocycles. The van der Waals surface area contributed by atoms with Gasteiger partial charge in [0.15, 0.2) is 0 Å². The molecule has 21 heavy (non-hydrogen) atoms. The molecule has 1 unspecified atom stereocenters. The first kappa shape index (κ1) is 13.1. The fraction of sp³-hybridized carbons (Fsp3) is 0.231. The fourth-order valence-electron chi connectivity index (χ4n) is 1.89. The zero-order chi connectivity index (χ0) is 14.8. The summed E-state index contributed by atoms with van der Waals surface area (Å²) in [6.45, 7) is 3.85. The number of nitrogens with one attached hydrogen (secondary N) is 1. The van der Waals surface area contributed by atoms with Gasteiger partial charge in [0, 0.05) is 12.4 Å². The Morgan fingerprint density at radius 2 is 2.14 bits per heavy atom. The molecule has 0 aliphatic heterocycles. The van der Waals surface area contributed by atoms with Crippen molar-refractivity contribution in [2.45, 2.75) is 19.9 Å². The Kier molecular flexibility index (Phi) is 3.27. The van der Waals surface area contributed by atoms with Crippen LogP contribution in [0.1, 0.15) is 24.5 Å². The van der Waals surface area contributed by atoms with E-state index in [1.807, 2.05) is 26.0 Å². The fourth-order valence-corrected chi connectivity index (χ4v) is 1.89. The first-order valence-electron chi connectivity index (χ1n) is 6.46. The van der Waals surface area contributed by atoms with E-state index in [1.165, 1.54) is 4.68 Å². The molecule has 8 nitrogen and oxygen atoms in total. The number of hydrogen-bond donors (Lipinski definition) is 2. The van der Waals surface area contributed by atoms with Crippen molar-refractivity contribution in [1.29, 1.82) is 0 Å². The van der Waals surface area contributed by atoms with Gasteiger partial charge >= 0.3 is 0 Å². The van der Waals surface area contributed by atoms with Gasteiger partial charge in [-0.05, 0) is 32.0 Å². The van der Waals surface area contributed by atoms with Crippen LogP contribution >= 0.6 is 0 Å². The molecule has 0 fully saturated rings. The van der Waals surface area contributed by atoms with E-state index >= 15 is 0 Å². The second-order valence-electron chi connectivity index (χ2n) is 4.58. The summed E-state index contributed by atoms with van der Waals surface area (Å²) in [5, 5.41) is 7.21. The van der Waals surface area contributed by atoms with Crippen molar-refractivity contribution in [2.24, 2.45) is 0 Å². The Morgan fingerprint density at radius 3 is 2.81 bits per heavy atom.